The van der Waals surface area contributed by atoms with E-state index in [4.69, 9.17) is 5.11 Å². The molecule has 2 rings (SSSR count). The van der Waals surface area contributed by atoms with Gasteiger partial charge < -0.3 is 5.11 Å². The molecule has 19 heavy (non-hydrogen) atoms. The summed E-state index contributed by atoms with van der Waals surface area (Å²) in [6.45, 7) is 2.64. The summed E-state index contributed by atoms with van der Waals surface area (Å²) in [6, 6.07) is 7.57. The number of carbonyl (C=O) groups excluding carboxylic acids is 1. The molecule has 3 nitrogen and oxygen atoms in total. The van der Waals surface area contributed by atoms with E-state index in [0.717, 1.165) is 36.0 Å². The summed E-state index contributed by atoms with van der Waals surface area (Å²) < 4.78 is 0.865. The van der Waals surface area contributed by atoms with Crippen LogP contribution in [-0.4, -0.2) is 42.0 Å². The summed E-state index contributed by atoms with van der Waals surface area (Å²) in [7, 11) is 0. The first-order valence-electron chi connectivity index (χ1n) is 6.81. The number of hydrogen-bond acceptors (Lipinski definition) is 3. The summed E-state index contributed by atoms with van der Waals surface area (Å²) in [5.74, 6) is 0.697. The third kappa shape index (κ3) is 4.13. The summed E-state index contributed by atoms with van der Waals surface area (Å²) in [5.41, 5.74) is 0.756. The molecule has 1 unspecified atom stereocenters. The highest BCUT2D eigenvalue weighted by Gasteiger charge is 2.22. The summed E-state index contributed by atoms with van der Waals surface area (Å²) in [5, 5.41) is 9.01. The molecular weight excluding hydrogens is 306 g/mol. The van der Waals surface area contributed by atoms with E-state index in [9.17, 15) is 4.79 Å². The molecule has 0 aromatic heterocycles. The standard InChI is InChI=1S/C15H20BrNO2/c16-14-6-2-1-5-13(14)15(19)11-17-8-3-4-12(10-17)7-9-18/h1-2,5-6,12,18H,3-4,7-11H2. The molecule has 1 N–H and O–H groups in total. The predicted molar refractivity (Wildman–Crippen MR) is 79.3 cm³/mol. The zero-order chi connectivity index (χ0) is 13.7. The van der Waals surface area contributed by atoms with Gasteiger partial charge in [0, 0.05) is 23.2 Å². The smallest absolute Gasteiger partial charge is 0.177 e. The minimum absolute atomic E-state index is 0.164. The van der Waals surface area contributed by atoms with Crippen LogP contribution in [-0.2, 0) is 0 Å². The number of rotatable bonds is 5. The Morgan fingerprint density at radius 1 is 1.42 bits per heavy atom. The van der Waals surface area contributed by atoms with Gasteiger partial charge in [0.25, 0.3) is 0 Å². The Kier molecular flexibility index (Phi) is 5.55. The van der Waals surface area contributed by atoms with Crippen LogP contribution < -0.4 is 0 Å². The largest absolute Gasteiger partial charge is 0.396 e. The average Bonchev–Trinajstić information content (AvgIpc) is 2.40. The monoisotopic (exact) mass is 325 g/mol. The molecule has 104 valence electrons. The molecule has 0 spiro atoms. The lowest BCUT2D eigenvalue weighted by molar-refractivity contribution is 0.0871. The molecular formula is C15H20BrNO2. The SMILES string of the molecule is O=C(CN1CCCC(CCO)C1)c1ccccc1Br. The number of hydrogen-bond donors (Lipinski definition) is 1. The summed E-state index contributed by atoms with van der Waals surface area (Å²) in [6.07, 6.45) is 3.13. The number of carbonyl (C=O) groups is 1. The van der Waals surface area contributed by atoms with Crippen molar-refractivity contribution in [3.63, 3.8) is 0 Å². The van der Waals surface area contributed by atoms with Gasteiger partial charge in [-0.2, -0.15) is 0 Å². The molecule has 1 aliphatic rings. The van der Waals surface area contributed by atoms with Gasteiger partial charge in [-0.15, -0.1) is 0 Å². The highest BCUT2D eigenvalue weighted by atomic mass is 79.9. The van der Waals surface area contributed by atoms with Crippen molar-refractivity contribution < 1.29 is 9.90 Å². The Hall–Kier alpha value is -0.710. The number of aliphatic hydroxyl groups is 1. The number of piperidine rings is 1. The Morgan fingerprint density at radius 2 is 2.21 bits per heavy atom. The van der Waals surface area contributed by atoms with E-state index in [-0.39, 0.29) is 12.4 Å². The lowest BCUT2D eigenvalue weighted by atomic mass is 9.95. The van der Waals surface area contributed by atoms with Crippen molar-refractivity contribution in [3.05, 3.63) is 34.3 Å². The third-order valence-electron chi connectivity index (χ3n) is 3.68. The second-order valence-corrected chi connectivity index (χ2v) is 6.01. The minimum Gasteiger partial charge on any atom is -0.396 e. The molecule has 1 heterocycles. The van der Waals surface area contributed by atoms with Crippen LogP contribution in [0.15, 0.2) is 28.7 Å². The maximum absolute atomic E-state index is 12.3. The maximum Gasteiger partial charge on any atom is 0.177 e. The van der Waals surface area contributed by atoms with Gasteiger partial charge >= 0.3 is 0 Å². The molecule has 1 saturated heterocycles. The van der Waals surface area contributed by atoms with E-state index in [1.165, 1.54) is 6.42 Å². The van der Waals surface area contributed by atoms with Gasteiger partial charge in [0.15, 0.2) is 5.78 Å². The molecule has 0 aliphatic carbocycles. The fourth-order valence-corrected chi connectivity index (χ4v) is 3.19. The molecule has 0 radical (unpaired) electrons. The van der Waals surface area contributed by atoms with Gasteiger partial charge in [0.05, 0.1) is 6.54 Å². The lowest BCUT2D eigenvalue weighted by Crippen LogP contribution is -2.39. The van der Waals surface area contributed by atoms with Crippen molar-refractivity contribution in [3.8, 4) is 0 Å². The molecule has 0 saturated carbocycles. The highest BCUT2D eigenvalue weighted by Crippen LogP contribution is 2.21. The van der Waals surface area contributed by atoms with E-state index < -0.39 is 0 Å². The normalized spacial score (nSPS) is 20.4. The maximum atomic E-state index is 12.3. The van der Waals surface area contributed by atoms with Crippen molar-refractivity contribution >= 4 is 21.7 Å². The summed E-state index contributed by atoms with van der Waals surface area (Å²) in [4.78, 5) is 14.5. The Labute approximate surface area is 122 Å². The van der Waals surface area contributed by atoms with Gasteiger partial charge in [0.2, 0.25) is 0 Å². The Balaban J connectivity index is 1.93. The number of ketones is 1. The van der Waals surface area contributed by atoms with Gasteiger partial charge in [-0.25, -0.2) is 0 Å². The molecule has 1 atom stereocenters. The second kappa shape index (κ2) is 7.17. The van der Waals surface area contributed by atoms with Crippen LogP contribution in [0.5, 0.6) is 0 Å². The zero-order valence-electron chi connectivity index (χ0n) is 11.0. The number of aliphatic hydroxyl groups excluding tert-OH is 1. The average molecular weight is 326 g/mol. The quantitative estimate of drug-likeness (QED) is 0.846. The van der Waals surface area contributed by atoms with E-state index in [0.29, 0.717) is 12.5 Å². The van der Waals surface area contributed by atoms with E-state index in [1.807, 2.05) is 24.3 Å². The number of nitrogens with zero attached hydrogens (tertiary/aromatic N) is 1. The van der Waals surface area contributed by atoms with Gasteiger partial charge in [-0.3, -0.25) is 9.69 Å². The number of halogens is 1. The van der Waals surface area contributed by atoms with Crippen LogP contribution in [0.1, 0.15) is 29.6 Å². The van der Waals surface area contributed by atoms with Crippen LogP contribution in [0.25, 0.3) is 0 Å². The first kappa shape index (κ1) is 14.7. The van der Waals surface area contributed by atoms with Crippen LogP contribution in [0.3, 0.4) is 0 Å². The van der Waals surface area contributed by atoms with Crippen molar-refractivity contribution in [2.75, 3.05) is 26.2 Å². The fraction of sp³-hybridized carbons (Fsp3) is 0.533. The van der Waals surface area contributed by atoms with Crippen molar-refractivity contribution in [2.45, 2.75) is 19.3 Å². The van der Waals surface area contributed by atoms with Gasteiger partial charge in [0.1, 0.15) is 0 Å². The molecule has 1 aromatic carbocycles. The van der Waals surface area contributed by atoms with Crippen molar-refractivity contribution in [1.82, 2.24) is 4.90 Å². The fourth-order valence-electron chi connectivity index (χ4n) is 2.69. The zero-order valence-corrected chi connectivity index (χ0v) is 12.6. The molecule has 0 bridgehead atoms. The van der Waals surface area contributed by atoms with E-state index in [2.05, 4.69) is 20.8 Å². The highest BCUT2D eigenvalue weighted by molar-refractivity contribution is 9.10. The van der Waals surface area contributed by atoms with E-state index in [1.54, 1.807) is 0 Å². The van der Waals surface area contributed by atoms with Gasteiger partial charge in [-0.1, -0.05) is 34.1 Å². The molecule has 4 heteroatoms. The van der Waals surface area contributed by atoms with Crippen LogP contribution in [0.2, 0.25) is 0 Å². The van der Waals surface area contributed by atoms with E-state index >= 15 is 0 Å². The molecule has 1 aromatic rings. The van der Waals surface area contributed by atoms with Crippen LogP contribution >= 0.6 is 15.9 Å². The molecule has 0 amide bonds. The number of benzene rings is 1. The number of likely N-dealkylation sites (tertiary alicyclic amines) is 1. The first-order valence-corrected chi connectivity index (χ1v) is 7.61. The van der Waals surface area contributed by atoms with Crippen molar-refractivity contribution in [1.29, 1.82) is 0 Å². The van der Waals surface area contributed by atoms with Crippen molar-refractivity contribution in [2.24, 2.45) is 5.92 Å². The topological polar surface area (TPSA) is 40.5 Å². The minimum atomic E-state index is 0.164. The lowest BCUT2D eigenvalue weighted by Gasteiger charge is -2.32. The first-order chi connectivity index (χ1) is 9.20. The van der Waals surface area contributed by atoms with Crippen LogP contribution in [0, 0.1) is 5.92 Å². The van der Waals surface area contributed by atoms with Crippen LogP contribution in [0.4, 0.5) is 0 Å². The van der Waals surface area contributed by atoms with Gasteiger partial charge in [-0.05, 0) is 37.8 Å². The Bertz CT molecular complexity index is 434. The summed E-state index contributed by atoms with van der Waals surface area (Å²) >= 11 is 3.43. The third-order valence-corrected chi connectivity index (χ3v) is 4.37. The molecule has 1 aliphatic heterocycles. The second-order valence-electron chi connectivity index (χ2n) is 5.16. The molecule has 1 fully saturated rings. The predicted octanol–water partition coefficient (Wildman–Crippen LogP) is 2.73. The number of Topliss-reactive ketones (excluding diaryl/α,β-unsaturated/α-hetero) is 1. The Morgan fingerprint density at radius 3 is 2.95 bits per heavy atom.